The van der Waals surface area contributed by atoms with Crippen molar-refractivity contribution in [1.82, 2.24) is 0 Å². The van der Waals surface area contributed by atoms with Gasteiger partial charge in [0, 0.05) is 44.8 Å². The van der Waals surface area contributed by atoms with E-state index in [1.165, 1.54) is 116 Å². The zero-order chi connectivity index (χ0) is 60.6. The first kappa shape index (κ1) is 55.5. The van der Waals surface area contributed by atoms with Crippen LogP contribution in [0.2, 0.25) is 0 Å². The monoisotopic (exact) mass is 1140 g/mol. The van der Waals surface area contributed by atoms with Crippen LogP contribution in [0.4, 0.5) is 28.4 Å². The minimum absolute atomic E-state index is 0.0192. The molecule has 1 aromatic heterocycles. The molecule has 3 nitrogen and oxygen atoms in total. The summed E-state index contributed by atoms with van der Waals surface area (Å²) in [7, 11) is 0. The molecule has 430 valence electrons. The number of hydrogen-bond acceptors (Lipinski definition) is 3. The molecule has 0 saturated carbocycles. The van der Waals surface area contributed by atoms with Gasteiger partial charge in [0.05, 0.1) is 0 Å². The standard InChI is InChI=1S/C83H76B2N2O/c1-53-47-67-77-74(43-44-75-78(77)66-51-68-69(52-76(66)88-75)83(10,11)46-45-82(68,8)9)87(63-38-31-59(32-39-63)80(2,3)4)85-71-42-40-64(50-72(71)84(73(48-53)79(67)85)70-41-33-60(81(5,6)7)49-65(70)58-25-19-14-20-26-58)86(61-34-27-56(28-35-61)54-21-15-12-16-22-54)62-36-29-57(30-37-62)55-23-17-13-18-24-55/h12-44,47-52H,45-46H2,1-11H3. The van der Waals surface area contributed by atoms with Gasteiger partial charge in [-0.1, -0.05) is 260 Å². The van der Waals surface area contributed by atoms with Crippen LogP contribution in [0.1, 0.15) is 110 Å². The number of rotatable bonds is 8. The van der Waals surface area contributed by atoms with Gasteiger partial charge in [-0.3, -0.25) is 0 Å². The molecule has 15 rings (SSSR count). The fraction of sp³-hybridized carbons (Fsp3) is 0.205. The van der Waals surface area contributed by atoms with Gasteiger partial charge in [0.25, 0.3) is 0 Å². The van der Waals surface area contributed by atoms with Gasteiger partial charge >= 0.3 is 6.85 Å². The third-order valence-corrected chi connectivity index (χ3v) is 20.0. The molecule has 2 aliphatic heterocycles. The van der Waals surface area contributed by atoms with E-state index in [1.807, 2.05) is 0 Å². The Balaban J connectivity index is 1.03. The van der Waals surface area contributed by atoms with Crippen LogP contribution in [0.15, 0.2) is 241 Å². The Morgan fingerprint density at radius 3 is 1.53 bits per heavy atom. The number of hydrogen-bond donors (Lipinski definition) is 0. The Labute approximate surface area is 521 Å². The van der Waals surface area contributed by atoms with Gasteiger partial charge in [-0.2, -0.15) is 0 Å². The van der Waals surface area contributed by atoms with Crippen LogP contribution in [0, 0.1) is 6.92 Å². The Morgan fingerprint density at radius 2 is 0.955 bits per heavy atom. The molecule has 11 aromatic carbocycles. The number of fused-ring (bicyclic) bond motifs is 9. The smallest absolute Gasteiger partial charge is 0.327 e. The van der Waals surface area contributed by atoms with Crippen molar-refractivity contribution in [2.75, 3.05) is 9.71 Å². The lowest BCUT2D eigenvalue weighted by molar-refractivity contribution is 0.332. The quantitative estimate of drug-likeness (QED) is 0.141. The summed E-state index contributed by atoms with van der Waals surface area (Å²) in [6.45, 7) is 25.7. The van der Waals surface area contributed by atoms with Gasteiger partial charge in [-0.15, -0.1) is 0 Å². The maximum absolute atomic E-state index is 7.18. The number of benzene rings is 11. The maximum atomic E-state index is 7.18. The van der Waals surface area contributed by atoms with E-state index in [1.54, 1.807) is 0 Å². The van der Waals surface area contributed by atoms with Crippen molar-refractivity contribution in [2.45, 2.75) is 111 Å². The Hall–Kier alpha value is -9.05. The third-order valence-electron chi connectivity index (χ3n) is 20.0. The second kappa shape index (κ2) is 20.5. The summed E-state index contributed by atoms with van der Waals surface area (Å²) >= 11 is 0. The molecule has 1 aliphatic carbocycles. The normalized spacial score (nSPS) is 14.8. The van der Waals surface area contributed by atoms with Gasteiger partial charge in [0.1, 0.15) is 11.2 Å². The lowest BCUT2D eigenvalue weighted by Crippen LogP contribution is -2.77. The lowest BCUT2D eigenvalue weighted by atomic mass is 9.23. The minimum atomic E-state index is -0.181. The van der Waals surface area contributed by atoms with E-state index in [0.717, 1.165) is 46.8 Å². The fourth-order valence-corrected chi connectivity index (χ4v) is 15.1. The number of aryl methyl sites for hydroxylation is 1. The first-order valence-electron chi connectivity index (χ1n) is 31.8. The van der Waals surface area contributed by atoms with Crippen molar-refractivity contribution in [2.24, 2.45) is 0 Å². The van der Waals surface area contributed by atoms with Gasteiger partial charge in [-0.05, 0) is 181 Å². The molecule has 0 N–H and O–H groups in total. The molecular formula is C83H76B2N2O. The molecule has 3 heterocycles. The topological polar surface area (TPSA) is 19.6 Å². The molecule has 5 heteroatoms. The molecule has 0 bridgehead atoms. The average Bonchev–Trinajstić information content (AvgIpc) is 1.03. The molecule has 3 aliphatic rings. The first-order valence-corrected chi connectivity index (χ1v) is 31.8. The predicted molar refractivity (Wildman–Crippen MR) is 379 cm³/mol. The molecule has 0 spiro atoms. The van der Waals surface area contributed by atoms with E-state index in [4.69, 9.17) is 4.42 Å². The van der Waals surface area contributed by atoms with Gasteiger partial charge in [0.15, 0.2) is 0 Å². The van der Waals surface area contributed by atoms with E-state index in [0.29, 0.717) is 0 Å². The summed E-state index contributed by atoms with van der Waals surface area (Å²) < 4.78 is 7.18. The van der Waals surface area contributed by atoms with Crippen molar-refractivity contribution in [1.29, 1.82) is 0 Å². The van der Waals surface area contributed by atoms with Gasteiger partial charge in [0.2, 0.25) is 6.71 Å². The number of anilines is 5. The molecular weight excluding hydrogens is 1060 g/mol. The molecule has 0 saturated heterocycles. The van der Waals surface area contributed by atoms with E-state index >= 15 is 0 Å². The molecule has 12 aromatic rings. The van der Waals surface area contributed by atoms with Crippen LogP contribution in [0.3, 0.4) is 0 Å². The molecule has 0 fully saturated rings. The van der Waals surface area contributed by atoms with E-state index in [2.05, 4.69) is 322 Å². The summed E-state index contributed by atoms with van der Waals surface area (Å²) in [6.07, 6.45) is 2.28. The van der Waals surface area contributed by atoms with Gasteiger partial charge < -0.3 is 14.1 Å². The predicted octanol–water partition coefficient (Wildman–Crippen LogP) is 19.1. The largest absolute Gasteiger partial charge is 0.456 e. The van der Waals surface area contributed by atoms with Crippen LogP contribution in [-0.4, -0.2) is 13.6 Å². The average molecular weight is 1140 g/mol. The molecule has 0 radical (unpaired) electrons. The highest BCUT2D eigenvalue weighted by atomic mass is 16.3. The van der Waals surface area contributed by atoms with E-state index < -0.39 is 0 Å². The van der Waals surface area contributed by atoms with E-state index in [-0.39, 0.29) is 35.2 Å². The first-order chi connectivity index (χ1) is 42.3. The molecule has 88 heavy (non-hydrogen) atoms. The highest BCUT2D eigenvalue weighted by molar-refractivity contribution is 7.10. The fourth-order valence-electron chi connectivity index (χ4n) is 15.1. The van der Waals surface area contributed by atoms with Crippen LogP contribution in [0.25, 0.3) is 66.4 Å². The maximum Gasteiger partial charge on any atom is 0.327 e. The summed E-state index contributed by atoms with van der Waals surface area (Å²) in [6, 6.07) is 89.9. The number of furan rings is 1. The summed E-state index contributed by atoms with van der Waals surface area (Å²) in [5.74, 6) is 0. The zero-order valence-electron chi connectivity index (χ0n) is 52.9. The van der Waals surface area contributed by atoms with Crippen LogP contribution in [-0.2, 0) is 21.7 Å². The van der Waals surface area contributed by atoms with Gasteiger partial charge in [-0.25, -0.2) is 0 Å². The van der Waals surface area contributed by atoms with Crippen molar-refractivity contribution in [3.05, 3.63) is 264 Å². The Bertz CT molecular complexity index is 4600. The zero-order valence-corrected chi connectivity index (χ0v) is 52.9. The minimum Gasteiger partial charge on any atom is -0.456 e. The third kappa shape index (κ3) is 9.26. The van der Waals surface area contributed by atoms with Crippen LogP contribution >= 0.6 is 0 Å². The van der Waals surface area contributed by atoms with Crippen molar-refractivity contribution < 1.29 is 4.42 Å². The van der Waals surface area contributed by atoms with E-state index in [9.17, 15) is 0 Å². The summed E-state index contributed by atoms with van der Waals surface area (Å²) in [4.78, 5) is 5.17. The molecule has 0 atom stereocenters. The van der Waals surface area contributed by atoms with Crippen LogP contribution < -0.4 is 37.0 Å². The SMILES string of the molecule is Cc1cc2c3c(c1)-c1c(ccc4oc5cc6c(cc5c14)C(C)(C)CCC6(C)C)N(c1ccc(C(C)(C)C)cc1)B3c1ccc(N(c3ccc(-c4ccccc4)cc3)c3ccc(-c4ccccc4)cc3)cc1B2c1ccc(C(C)(C)C)cc1-c1ccccc1. The highest BCUT2D eigenvalue weighted by Gasteiger charge is 2.48. The van der Waals surface area contributed by atoms with Crippen molar-refractivity contribution in [3.8, 4) is 44.5 Å². The van der Waals surface area contributed by atoms with Crippen LogP contribution in [0.5, 0.6) is 0 Å². The molecule has 0 amide bonds. The molecule has 0 unspecified atom stereocenters. The summed E-state index contributed by atoms with van der Waals surface area (Å²) in [5, 5.41) is 2.39. The second-order valence-electron chi connectivity index (χ2n) is 28.8. The summed E-state index contributed by atoms with van der Waals surface area (Å²) in [5.41, 5.74) is 30.6. The second-order valence-corrected chi connectivity index (χ2v) is 28.8. The van der Waals surface area contributed by atoms with Crippen molar-refractivity contribution in [3.63, 3.8) is 0 Å². The lowest BCUT2D eigenvalue weighted by Gasteiger charge is -2.45. The Kier molecular flexibility index (Phi) is 13.0. The Morgan fingerprint density at radius 1 is 0.432 bits per heavy atom. The van der Waals surface area contributed by atoms with Crippen molar-refractivity contribution >= 4 is 91.2 Å². The highest BCUT2D eigenvalue weighted by Crippen LogP contribution is 2.52. The number of nitrogens with zero attached hydrogens (tertiary/aromatic N) is 2.